The van der Waals surface area contributed by atoms with E-state index in [2.05, 4.69) is 24.4 Å². The van der Waals surface area contributed by atoms with Crippen molar-refractivity contribution < 1.29 is 9.47 Å². The number of hydrogen-bond acceptors (Lipinski definition) is 5. The molecule has 1 N–H and O–H groups in total. The van der Waals surface area contributed by atoms with Gasteiger partial charge in [-0.3, -0.25) is 0 Å². The highest BCUT2D eigenvalue weighted by Gasteiger charge is 2.12. The number of aromatic nitrogens is 1. The number of rotatable bonds is 8. The van der Waals surface area contributed by atoms with E-state index in [4.69, 9.17) is 14.5 Å². The Labute approximate surface area is 130 Å². The monoisotopic (exact) mass is 306 g/mol. The summed E-state index contributed by atoms with van der Waals surface area (Å²) in [5.41, 5.74) is 2.14. The van der Waals surface area contributed by atoms with Gasteiger partial charge in [-0.15, -0.1) is 11.3 Å². The maximum absolute atomic E-state index is 5.47. The lowest BCUT2D eigenvalue weighted by atomic mass is 10.2. The second-order valence-electron chi connectivity index (χ2n) is 4.56. The van der Waals surface area contributed by atoms with E-state index in [1.54, 1.807) is 18.4 Å². The summed E-state index contributed by atoms with van der Waals surface area (Å²) >= 11 is 1.72. The van der Waals surface area contributed by atoms with Gasteiger partial charge in [-0.05, 0) is 37.7 Å². The van der Waals surface area contributed by atoms with Gasteiger partial charge in [0.05, 0.1) is 18.9 Å². The summed E-state index contributed by atoms with van der Waals surface area (Å²) in [4.78, 5) is 5.95. The number of ether oxygens (including phenoxy) is 2. The highest BCUT2D eigenvalue weighted by Crippen LogP contribution is 2.29. The van der Waals surface area contributed by atoms with E-state index in [9.17, 15) is 0 Å². The third-order valence-electron chi connectivity index (χ3n) is 3.01. The third-order valence-corrected chi connectivity index (χ3v) is 4.15. The number of nitrogens with zero attached hydrogens (tertiary/aromatic N) is 1. The SMILES string of the molecule is CCNCc1sc(-c2ccc(OCC)cc2)nc1COC. The van der Waals surface area contributed by atoms with Crippen LogP contribution in [-0.2, 0) is 17.9 Å². The number of methoxy groups -OCH3 is 1. The van der Waals surface area contributed by atoms with E-state index >= 15 is 0 Å². The summed E-state index contributed by atoms with van der Waals surface area (Å²) in [6.07, 6.45) is 0. The topological polar surface area (TPSA) is 43.4 Å². The lowest BCUT2D eigenvalue weighted by Crippen LogP contribution is -2.12. The van der Waals surface area contributed by atoms with Crippen molar-refractivity contribution in [2.75, 3.05) is 20.3 Å². The van der Waals surface area contributed by atoms with Crippen molar-refractivity contribution in [3.8, 4) is 16.3 Å². The Morgan fingerprint density at radius 1 is 1.19 bits per heavy atom. The van der Waals surface area contributed by atoms with Crippen LogP contribution in [0.25, 0.3) is 10.6 Å². The molecule has 0 spiro atoms. The molecule has 0 aliphatic rings. The van der Waals surface area contributed by atoms with Gasteiger partial charge in [0.15, 0.2) is 0 Å². The van der Waals surface area contributed by atoms with Gasteiger partial charge in [-0.25, -0.2) is 4.98 Å². The Morgan fingerprint density at radius 3 is 2.57 bits per heavy atom. The van der Waals surface area contributed by atoms with Gasteiger partial charge < -0.3 is 14.8 Å². The van der Waals surface area contributed by atoms with Gasteiger partial charge in [0.2, 0.25) is 0 Å². The van der Waals surface area contributed by atoms with E-state index in [1.807, 2.05) is 19.1 Å². The molecule has 0 aliphatic heterocycles. The van der Waals surface area contributed by atoms with Crippen LogP contribution in [0.5, 0.6) is 5.75 Å². The van der Waals surface area contributed by atoms with Gasteiger partial charge in [0, 0.05) is 24.1 Å². The molecular weight excluding hydrogens is 284 g/mol. The molecule has 0 amide bonds. The van der Waals surface area contributed by atoms with E-state index < -0.39 is 0 Å². The molecule has 0 bridgehead atoms. The largest absolute Gasteiger partial charge is 0.494 e. The Kier molecular flexibility index (Phi) is 6.17. The first-order valence-corrected chi connectivity index (χ1v) is 8.01. The summed E-state index contributed by atoms with van der Waals surface area (Å²) in [7, 11) is 1.70. The fourth-order valence-electron chi connectivity index (χ4n) is 1.99. The molecular formula is C16H22N2O2S. The van der Waals surface area contributed by atoms with Crippen LogP contribution in [0.3, 0.4) is 0 Å². The second-order valence-corrected chi connectivity index (χ2v) is 5.64. The summed E-state index contributed by atoms with van der Waals surface area (Å²) in [5.74, 6) is 0.891. The fraction of sp³-hybridized carbons (Fsp3) is 0.438. The molecule has 5 heteroatoms. The van der Waals surface area contributed by atoms with Crippen LogP contribution in [0.15, 0.2) is 24.3 Å². The van der Waals surface area contributed by atoms with Crippen molar-refractivity contribution in [2.24, 2.45) is 0 Å². The van der Waals surface area contributed by atoms with Crippen LogP contribution < -0.4 is 10.1 Å². The van der Waals surface area contributed by atoms with Gasteiger partial charge in [0.25, 0.3) is 0 Å². The minimum atomic E-state index is 0.550. The molecule has 4 nitrogen and oxygen atoms in total. The molecule has 2 rings (SSSR count). The molecule has 0 saturated heterocycles. The maximum Gasteiger partial charge on any atom is 0.124 e. The number of thiazole rings is 1. The quantitative estimate of drug-likeness (QED) is 0.811. The second kappa shape index (κ2) is 8.12. The molecule has 0 fully saturated rings. The molecule has 0 radical (unpaired) electrons. The molecule has 0 saturated carbocycles. The first-order chi connectivity index (χ1) is 10.3. The van der Waals surface area contributed by atoms with Crippen LogP contribution in [0.1, 0.15) is 24.4 Å². The minimum Gasteiger partial charge on any atom is -0.494 e. The minimum absolute atomic E-state index is 0.550. The van der Waals surface area contributed by atoms with Gasteiger partial charge in [0.1, 0.15) is 10.8 Å². The lowest BCUT2D eigenvalue weighted by Gasteiger charge is -2.02. The Morgan fingerprint density at radius 2 is 1.95 bits per heavy atom. The van der Waals surface area contributed by atoms with Crippen molar-refractivity contribution in [3.05, 3.63) is 34.8 Å². The lowest BCUT2D eigenvalue weighted by molar-refractivity contribution is 0.181. The molecule has 1 aromatic carbocycles. The molecule has 1 aromatic heterocycles. The fourth-order valence-corrected chi connectivity index (χ4v) is 3.03. The summed E-state index contributed by atoms with van der Waals surface area (Å²) in [6, 6.07) is 8.08. The maximum atomic E-state index is 5.47. The zero-order valence-electron chi connectivity index (χ0n) is 12.8. The number of hydrogen-bond donors (Lipinski definition) is 1. The van der Waals surface area contributed by atoms with Crippen LogP contribution in [0, 0.1) is 0 Å². The first-order valence-electron chi connectivity index (χ1n) is 7.19. The van der Waals surface area contributed by atoms with Crippen molar-refractivity contribution in [2.45, 2.75) is 27.0 Å². The number of benzene rings is 1. The van der Waals surface area contributed by atoms with E-state index in [0.717, 1.165) is 35.1 Å². The molecule has 2 aromatic rings. The van der Waals surface area contributed by atoms with Gasteiger partial charge in [-0.1, -0.05) is 6.92 Å². The van der Waals surface area contributed by atoms with Crippen molar-refractivity contribution >= 4 is 11.3 Å². The van der Waals surface area contributed by atoms with Crippen LogP contribution in [0.2, 0.25) is 0 Å². The number of nitrogens with one attached hydrogen (secondary N) is 1. The summed E-state index contributed by atoms with van der Waals surface area (Å²) < 4.78 is 10.7. The van der Waals surface area contributed by atoms with Crippen LogP contribution in [-0.4, -0.2) is 25.2 Å². The Bertz CT molecular complexity index is 552. The summed E-state index contributed by atoms with van der Waals surface area (Å²) in [5, 5.41) is 4.37. The van der Waals surface area contributed by atoms with Crippen molar-refractivity contribution in [3.63, 3.8) is 0 Å². The Balaban J connectivity index is 2.21. The summed E-state index contributed by atoms with van der Waals surface area (Å²) in [6.45, 7) is 7.10. The van der Waals surface area contributed by atoms with E-state index in [1.165, 1.54) is 4.88 Å². The van der Waals surface area contributed by atoms with Crippen LogP contribution in [0.4, 0.5) is 0 Å². The third kappa shape index (κ3) is 4.27. The molecule has 114 valence electrons. The molecule has 1 heterocycles. The first kappa shape index (κ1) is 15.9. The zero-order valence-corrected chi connectivity index (χ0v) is 13.6. The standard InChI is InChI=1S/C16H22N2O2S/c1-4-17-10-15-14(11-19-3)18-16(21-15)12-6-8-13(9-7-12)20-5-2/h6-9,17H,4-5,10-11H2,1-3H3. The molecule has 21 heavy (non-hydrogen) atoms. The van der Waals surface area contributed by atoms with Crippen molar-refractivity contribution in [1.29, 1.82) is 0 Å². The Hall–Kier alpha value is -1.43. The van der Waals surface area contributed by atoms with E-state index in [0.29, 0.717) is 13.2 Å². The predicted molar refractivity (Wildman–Crippen MR) is 86.8 cm³/mol. The van der Waals surface area contributed by atoms with Gasteiger partial charge >= 0.3 is 0 Å². The highest BCUT2D eigenvalue weighted by molar-refractivity contribution is 7.15. The normalized spacial score (nSPS) is 10.8. The van der Waals surface area contributed by atoms with Crippen LogP contribution >= 0.6 is 11.3 Å². The molecule has 0 aliphatic carbocycles. The smallest absolute Gasteiger partial charge is 0.124 e. The average Bonchev–Trinajstić information content (AvgIpc) is 2.90. The predicted octanol–water partition coefficient (Wildman–Crippen LogP) is 3.46. The van der Waals surface area contributed by atoms with E-state index in [-0.39, 0.29) is 0 Å². The van der Waals surface area contributed by atoms with Gasteiger partial charge in [-0.2, -0.15) is 0 Å². The molecule has 0 unspecified atom stereocenters. The highest BCUT2D eigenvalue weighted by atomic mass is 32.1. The van der Waals surface area contributed by atoms with Crippen molar-refractivity contribution in [1.82, 2.24) is 10.3 Å². The molecule has 0 atom stereocenters. The average molecular weight is 306 g/mol. The zero-order chi connectivity index (χ0) is 15.1.